The molecule has 2 aromatic carbocycles. The molecule has 1 heterocycles. The minimum atomic E-state index is -3.56. The summed E-state index contributed by atoms with van der Waals surface area (Å²) in [4.78, 5) is 0.268. The molecule has 5 nitrogen and oxygen atoms in total. The first-order valence-corrected chi connectivity index (χ1v) is 9.81. The zero-order valence-electron chi connectivity index (χ0n) is 14.2. The van der Waals surface area contributed by atoms with Gasteiger partial charge in [0.25, 0.3) is 0 Å². The molecule has 6 heteroatoms. The molecular formula is C19H23NO4S. The average molecular weight is 361 g/mol. The second-order valence-corrected chi connectivity index (χ2v) is 8.14. The molecule has 3 rings (SSSR count). The lowest BCUT2D eigenvalue weighted by molar-refractivity contribution is 0.117. The Bertz CT molecular complexity index is 790. The van der Waals surface area contributed by atoms with Crippen LogP contribution in [0.4, 0.5) is 0 Å². The van der Waals surface area contributed by atoms with Crippen LogP contribution in [0, 0.1) is 6.92 Å². The van der Waals surface area contributed by atoms with Gasteiger partial charge in [-0.25, -0.2) is 8.42 Å². The van der Waals surface area contributed by atoms with Gasteiger partial charge in [-0.05, 0) is 31.0 Å². The number of hydrogen-bond acceptors (Lipinski definition) is 4. The summed E-state index contributed by atoms with van der Waals surface area (Å²) in [6, 6.07) is 16.1. The number of aliphatic hydroxyl groups excluding tert-OH is 1. The van der Waals surface area contributed by atoms with Crippen LogP contribution in [0.15, 0.2) is 59.5 Å². The summed E-state index contributed by atoms with van der Waals surface area (Å²) in [5.74, 6) is 0. The van der Waals surface area contributed by atoms with Gasteiger partial charge in [0.15, 0.2) is 0 Å². The summed E-state index contributed by atoms with van der Waals surface area (Å²) in [5.41, 5.74) is 2.09. The molecule has 0 spiro atoms. The Labute approximate surface area is 148 Å². The fraction of sp³-hybridized carbons (Fsp3) is 0.368. The molecule has 1 fully saturated rings. The number of aryl methyl sites for hydroxylation is 1. The average Bonchev–Trinajstić information content (AvgIpc) is 3.34. The molecule has 0 amide bonds. The zero-order valence-corrected chi connectivity index (χ0v) is 15.0. The van der Waals surface area contributed by atoms with E-state index in [9.17, 15) is 13.5 Å². The van der Waals surface area contributed by atoms with E-state index in [0.717, 1.165) is 11.1 Å². The van der Waals surface area contributed by atoms with E-state index in [1.54, 1.807) is 24.3 Å². The third-order valence-corrected chi connectivity index (χ3v) is 6.43. The Morgan fingerprint density at radius 1 is 1.04 bits per heavy atom. The van der Waals surface area contributed by atoms with Gasteiger partial charge in [-0.1, -0.05) is 48.0 Å². The lowest BCUT2D eigenvalue weighted by atomic mass is 10.2. The van der Waals surface area contributed by atoms with E-state index in [1.807, 2.05) is 37.3 Å². The molecule has 1 aliphatic rings. The van der Waals surface area contributed by atoms with Gasteiger partial charge < -0.3 is 9.84 Å². The largest absolute Gasteiger partial charge is 0.395 e. The number of nitrogens with zero attached hydrogens (tertiary/aromatic N) is 1. The minimum absolute atomic E-state index is 0.172. The van der Waals surface area contributed by atoms with Crippen molar-refractivity contribution in [1.29, 1.82) is 0 Å². The highest BCUT2D eigenvalue weighted by Gasteiger charge is 2.54. The van der Waals surface area contributed by atoms with Crippen molar-refractivity contribution in [1.82, 2.24) is 4.31 Å². The summed E-state index contributed by atoms with van der Waals surface area (Å²) >= 11 is 0. The molecular weight excluding hydrogens is 338 g/mol. The molecule has 134 valence electrons. The predicted octanol–water partition coefficient (Wildman–Crippen LogP) is 2.34. The van der Waals surface area contributed by atoms with Crippen molar-refractivity contribution in [3.8, 4) is 0 Å². The predicted molar refractivity (Wildman–Crippen MR) is 95.6 cm³/mol. The van der Waals surface area contributed by atoms with Gasteiger partial charge in [0.05, 0.1) is 24.2 Å². The van der Waals surface area contributed by atoms with Crippen LogP contribution in [-0.2, 0) is 21.4 Å². The molecule has 25 heavy (non-hydrogen) atoms. The highest BCUT2D eigenvalue weighted by molar-refractivity contribution is 7.89. The van der Waals surface area contributed by atoms with E-state index in [2.05, 4.69) is 0 Å². The third-order valence-electron chi connectivity index (χ3n) is 4.46. The Morgan fingerprint density at radius 2 is 1.72 bits per heavy atom. The van der Waals surface area contributed by atoms with Crippen molar-refractivity contribution >= 4 is 10.0 Å². The monoisotopic (exact) mass is 361 g/mol. The highest BCUT2D eigenvalue weighted by Crippen LogP contribution is 2.37. The molecule has 0 radical (unpaired) electrons. The Balaban J connectivity index is 1.56. The molecule has 3 atom stereocenters. The minimum Gasteiger partial charge on any atom is -0.395 e. The molecule has 1 saturated heterocycles. The lowest BCUT2D eigenvalue weighted by Gasteiger charge is -2.07. The number of sulfonamides is 1. The van der Waals surface area contributed by atoms with E-state index in [-0.39, 0.29) is 23.6 Å². The number of benzene rings is 2. The van der Waals surface area contributed by atoms with Crippen LogP contribution in [0.1, 0.15) is 17.5 Å². The fourth-order valence-electron chi connectivity index (χ4n) is 2.99. The molecule has 0 saturated carbocycles. The van der Waals surface area contributed by atoms with Crippen LogP contribution in [0.25, 0.3) is 0 Å². The Kier molecular flexibility index (Phi) is 5.54. The van der Waals surface area contributed by atoms with Crippen molar-refractivity contribution in [3.05, 3.63) is 65.7 Å². The second kappa shape index (κ2) is 7.66. The Hall–Kier alpha value is -1.73. The molecule has 0 bridgehead atoms. The summed E-state index contributed by atoms with van der Waals surface area (Å²) < 4.78 is 32.5. The van der Waals surface area contributed by atoms with E-state index in [0.29, 0.717) is 19.6 Å². The number of hydrogen-bond donors (Lipinski definition) is 1. The second-order valence-electron chi connectivity index (χ2n) is 6.29. The summed E-state index contributed by atoms with van der Waals surface area (Å²) in [7, 11) is -3.56. The van der Waals surface area contributed by atoms with Gasteiger partial charge in [0, 0.05) is 12.6 Å². The smallest absolute Gasteiger partial charge is 0.243 e. The van der Waals surface area contributed by atoms with Gasteiger partial charge >= 0.3 is 0 Å². The molecule has 0 aliphatic carbocycles. The Morgan fingerprint density at radius 3 is 2.36 bits per heavy atom. The molecule has 1 aliphatic heterocycles. The lowest BCUT2D eigenvalue weighted by Crippen LogP contribution is -2.17. The van der Waals surface area contributed by atoms with Crippen molar-refractivity contribution in [2.75, 3.05) is 13.2 Å². The van der Waals surface area contributed by atoms with Gasteiger partial charge in [0.2, 0.25) is 10.0 Å². The molecule has 1 N–H and O–H groups in total. The number of ether oxygens (including phenoxy) is 1. The zero-order chi connectivity index (χ0) is 17.9. The van der Waals surface area contributed by atoms with Gasteiger partial charge in [-0.15, -0.1) is 0 Å². The van der Waals surface area contributed by atoms with Gasteiger partial charge in [-0.2, -0.15) is 4.31 Å². The highest BCUT2D eigenvalue weighted by atomic mass is 32.2. The maximum atomic E-state index is 12.7. The van der Waals surface area contributed by atoms with E-state index in [4.69, 9.17) is 4.74 Å². The van der Waals surface area contributed by atoms with Crippen LogP contribution < -0.4 is 0 Å². The number of aliphatic hydroxyl groups is 1. The first-order valence-electron chi connectivity index (χ1n) is 8.37. The van der Waals surface area contributed by atoms with Crippen LogP contribution in [0.2, 0.25) is 0 Å². The van der Waals surface area contributed by atoms with Crippen molar-refractivity contribution < 1.29 is 18.3 Å². The summed E-state index contributed by atoms with van der Waals surface area (Å²) in [6.45, 7) is 2.70. The first-order chi connectivity index (χ1) is 12.0. The van der Waals surface area contributed by atoms with Crippen molar-refractivity contribution in [2.24, 2.45) is 0 Å². The van der Waals surface area contributed by atoms with Crippen LogP contribution >= 0.6 is 0 Å². The summed E-state index contributed by atoms with van der Waals surface area (Å²) in [5, 5.41) is 9.49. The van der Waals surface area contributed by atoms with Crippen LogP contribution in [0.5, 0.6) is 0 Å². The van der Waals surface area contributed by atoms with Gasteiger partial charge in [-0.3, -0.25) is 0 Å². The standard InChI is InChI=1S/C19H23NO4S/c1-15-7-9-17(10-8-15)25(22,23)20-18(19(20)13-21)11-12-24-14-16-5-3-2-4-6-16/h2-10,18-19,21H,11-14H2,1H3/t18?,19-,20?/m0/s1. The molecule has 0 aromatic heterocycles. The topological polar surface area (TPSA) is 66.6 Å². The van der Waals surface area contributed by atoms with Crippen molar-refractivity contribution in [2.45, 2.75) is 36.9 Å². The van der Waals surface area contributed by atoms with Crippen LogP contribution in [-0.4, -0.2) is 43.1 Å². The van der Waals surface area contributed by atoms with E-state index in [1.165, 1.54) is 4.31 Å². The number of rotatable bonds is 8. The maximum absolute atomic E-state index is 12.7. The SMILES string of the molecule is Cc1ccc(S(=O)(=O)N2C(CCOCc3ccccc3)[C@@H]2CO)cc1. The van der Waals surface area contributed by atoms with Crippen LogP contribution in [0.3, 0.4) is 0 Å². The molecule has 2 aromatic rings. The summed E-state index contributed by atoms with van der Waals surface area (Å²) in [6.07, 6.45) is 0.573. The van der Waals surface area contributed by atoms with E-state index >= 15 is 0 Å². The fourth-order valence-corrected chi connectivity index (χ4v) is 4.82. The first kappa shape index (κ1) is 18.1. The normalized spacial score (nSPS) is 22.7. The van der Waals surface area contributed by atoms with E-state index < -0.39 is 10.0 Å². The third kappa shape index (κ3) is 4.10. The molecule has 2 unspecified atom stereocenters. The maximum Gasteiger partial charge on any atom is 0.243 e. The van der Waals surface area contributed by atoms with Gasteiger partial charge in [0.1, 0.15) is 0 Å². The van der Waals surface area contributed by atoms with Crippen molar-refractivity contribution in [3.63, 3.8) is 0 Å². The quantitative estimate of drug-likeness (QED) is 0.579.